The summed E-state index contributed by atoms with van der Waals surface area (Å²) in [5.41, 5.74) is 0.0868. The molecule has 3 rings (SSSR count). The highest BCUT2D eigenvalue weighted by Crippen LogP contribution is 2.29. The van der Waals surface area contributed by atoms with Crippen molar-refractivity contribution in [3.63, 3.8) is 0 Å². The van der Waals surface area contributed by atoms with Crippen molar-refractivity contribution in [3.05, 3.63) is 35.8 Å². The molecule has 0 aliphatic carbocycles. The first-order valence-corrected chi connectivity index (χ1v) is 7.46. The third kappa shape index (κ3) is 3.25. The van der Waals surface area contributed by atoms with Crippen molar-refractivity contribution >= 4 is 0 Å². The largest absolute Gasteiger partial charge is 0.394 e. The van der Waals surface area contributed by atoms with Gasteiger partial charge in [0, 0.05) is 12.7 Å². The smallest absolute Gasteiger partial charge is 0.194 e. The highest BCUT2D eigenvalue weighted by Gasteiger charge is 2.41. The predicted molar refractivity (Wildman–Crippen MR) is 78.0 cm³/mol. The lowest BCUT2D eigenvalue weighted by Crippen LogP contribution is -2.52. The molecule has 0 spiro atoms. The summed E-state index contributed by atoms with van der Waals surface area (Å²) in [6.45, 7) is -0.289. The van der Waals surface area contributed by atoms with E-state index in [1.807, 2.05) is 0 Å². The number of benzene rings is 1. The first-order valence-electron chi connectivity index (χ1n) is 7.46. The monoisotopic (exact) mass is 359 g/mol. The van der Waals surface area contributed by atoms with Gasteiger partial charge in [-0.3, -0.25) is 0 Å². The van der Waals surface area contributed by atoms with E-state index >= 15 is 0 Å². The fraction of sp³-hybridized carbons (Fsp3) is 0.467. The Morgan fingerprint density at radius 3 is 2.60 bits per heavy atom. The lowest BCUT2D eigenvalue weighted by atomic mass is 9.97. The predicted octanol–water partition coefficient (Wildman–Crippen LogP) is 0.670. The molecule has 2 N–H and O–H groups in total. The number of rotatable bonds is 4. The standard InChI is InChI=1S/C15H16F3N3O4/c1-24-12-6-25-11(5-22)15(23)14(12)21-4-10(19-20-21)7-2-8(16)13(18)9(17)3-7/h2-4,11-12,14-15,22-23H,5-6H2,1H3. The average molecular weight is 359 g/mol. The molecule has 1 fully saturated rings. The highest BCUT2D eigenvalue weighted by molar-refractivity contribution is 5.57. The van der Waals surface area contributed by atoms with Gasteiger partial charge in [0.25, 0.3) is 0 Å². The summed E-state index contributed by atoms with van der Waals surface area (Å²) in [5, 5.41) is 27.3. The Bertz CT molecular complexity index is 734. The second-order valence-corrected chi connectivity index (χ2v) is 5.65. The van der Waals surface area contributed by atoms with Crippen LogP contribution in [0.3, 0.4) is 0 Å². The molecule has 10 heteroatoms. The Morgan fingerprint density at radius 2 is 2.00 bits per heavy atom. The number of methoxy groups -OCH3 is 1. The van der Waals surface area contributed by atoms with Gasteiger partial charge in [0.05, 0.1) is 19.4 Å². The maximum absolute atomic E-state index is 13.4. The molecule has 1 saturated heterocycles. The fourth-order valence-corrected chi connectivity index (χ4v) is 2.81. The van der Waals surface area contributed by atoms with Gasteiger partial charge < -0.3 is 19.7 Å². The molecule has 0 bridgehead atoms. The lowest BCUT2D eigenvalue weighted by Gasteiger charge is -2.38. The number of ether oxygens (including phenoxy) is 2. The van der Waals surface area contributed by atoms with Gasteiger partial charge in [-0.05, 0) is 12.1 Å². The van der Waals surface area contributed by atoms with Crippen molar-refractivity contribution in [2.24, 2.45) is 0 Å². The Balaban J connectivity index is 1.94. The van der Waals surface area contributed by atoms with E-state index in [-0.39, 0.29) is 17.9 Å². The molecule has 4 unspecified atom stereocenters. The molecule has 136 valence electrons. The van der Waals surface area contributed by atoms with E-state index in [9.17, 15) is 23.4 Å². The Labute approximate surface area is 140 Å². The Hall–Kier alpha value is -2.01. The van der Waals surface area contributed by atoms with Crippen LogP contribution in [0.25, 0.3) is 11.3 Å². The van der Waals surface area contributed by atoms with Gasteiger partial charge in [0.1, 0.15) is 30.0 Å². The summed E-state index contributed by atoms with van der Waals surface area (Å²) < 4.78 is 51.7. The number of halogens is 3. The maximum Gasteiger partial charge on any atom is 0.194 e. The van der Waals surface area contributed by atoms with Crippen LogP contribution in [0, 0.1) is 17.5 Å². The van der Waals surface area contributed by atoms with E-state index in [0.29, 0.717) is 0 Å². The first-order chi connectivity index (χ1) is 12.0. The summed E-state index contributed by atoms with van der Waals surface area (Å²) in [7, 11) is 1.43. The van der Waals surface area contributed by atoms with Gasteiger partial charge in [-0.25, -0.2) is 17.9 Å². The van der Waals surface area contributed by atoms with Crippen LogP contribution in [0.1, 0.15) is 6.04 Å². The molecule has 2 aromatic rings. The van der Waals surface area contributed by atoms with Crippen LogP contribution in [0.5, 0.6) is 0 Å². The van der Waals surface area contributed by atoms with Crippen molar-refractivity contribution in [3.8, 4) is 11.3 Å². The fourth-order valence-electron chi connectivity index (χ4n) is 2.81. The van der Waals surface area contributed by atoms with Crippen molar-refractivity contribution in [1.29, 1.82) is 0 Å². The zero-order valence-corrected chi connectivity index (χ0v) is 13.1. The molecule has 0 radical (unpaired) electrons. The Morgan fingerprint density at radius 1 is 1.32 bits per heavy atom. The zero-order chi connectivity index (χ0) is 18.1. The minimum absolute atomic E-state index is 0.00289. The lowest BCUT2D eigenvalue weighted by molar-refractivity contribution is -0.174. The zero-order valence-electron chi connectivity index (χ0n) is 13.1. The van der Waals surface area contributed by atoms with Crippen molar-refractivity contribution in [2.75, 3.05) is 20.3 Å². The third-order valence-electron chi connectivity index (χ3n) is 4.16. The number of hydrogen-bond acceptors (Lipinski definition) is 6. The Kier molecular flexibility index (Phi) is 5.04. The molecule has 1 aliphatic rings. The summed E-state index contributed by atoms with van der Waals surface area (Å²) >= 11 is 0. The van der Waals surface area contributed by atoms with E-state index in [0.717, 1.165) is 12.1 Å². The van der Waals surface area contributed by atoms with E-state index in [2.05, 4.69) is 10.3 Å². The molecule has 4 atom stereocenters. The minimum Gasteiger partial charge on any atom is -0.394 e. The van der Waals surface area contributed by atoms with E-state index in [1.165, 1.54) is 18.0 Å². The second-order valence-electron chi connectivity index (χ2n) is 5.65. The first kappa shape index (κ1) is 17.8. The molecular weight excluding hydrogens is 343 g/mol. The molecule has 1 aromatic carbocycles. The van der Waals surface area contributed by atoms with Gasteiger partial charge >= 0.3 is 0 Å². The topological polar surface area (TPSA) is 89.6 Å². The summed E-state index contributed by atoms with van der Waals surface area (Å²) in [6.07, 6.45) is -1.19. The summed E-state index contributed by atoms with van der Waals surface area (Å²) in [4.78, 5) is 0. The van der Waals surface area contributed by atoms with Gasteiger partial charge in [-0.2, -0.15) is 0 Å². The molecule has 25 heavy (non-hydrogen) atoms. The summed E-state index contributed by atoms with van der Waals surface area (Å²) in [6, 6.07) is 0.877. The second kappa shape index (κ2) is 7.08. The highest BCUT2D eigenvalue weighted by atomic mass is 19.2. The molecule has 2 heterocycles. The molecule has 1 aliphatic heterocycles. The van der Waals surface area contributed by atoms with Crippen LogP contribution in [-0.4, -0.2) is 63.8 Å². The molecule has 0 saturated carbocycles. The van der Waals surface area contributed by atoms with Crippen LogP contribution >= 0.6 is 0 Å². The minimum atomic E-state index is -1.57. The molecule has 1 aromatic heterocycles. The van der Waals surface area contributed by atoms with Gasteiger partial charge in [0.15, 0.2) is 17.5 Å². The molecule has 0 amide bonds. The van der Waals surface area contributed by atoms with E-state index < -0.39 is 48.4 Å². The molecule has 7 nitrogen and oxygen atoms in total. The van der Waals surface area contributed by atoms with Crippen molar-refractivity contribution in [1.82, 2.24) is 15.0 Å². The van der Waals surface area contributed by atoms with E-state index in [4.69, 9.17) is 9.47 Å². The van der Waals surface area contributed by atoms with Crippen molar-refractivity contribution < 1.29 is 32.9 Å². The van der Waals surface area contributed by atoms with Crippen molar-refractivity contribution in [2.45, 2.75) is 24.4 Å². The number of aromatic nitrogens is 3. The van der Waals surface area contributed by atoms with E-state index in [1.54, 1.807) is 0 Å². The summed E-state index contributed by atoms with van der Waals surface area (Å²) in [5.74, 6) is -4.25. The number of nitrogens with zero attached hydrogens (tertiary/aromatic N) is 3. The van der Waals surface area contributed by atoms with Crippen LogP contribution in [0.15, 0.2) is 18.3 Å². The van der Waals surface area contributed by atoms with Crippen LogP contribution < -0.4 is 0 Å². The number of aliphatic hydroxyl groups is 2. The van der Waals surface area contributed by atoms with Crippen LogP contribution in [-0.2, 0) is 9.47 Å². The van der Waals surface area contributed by atoms with Gasteiger partial charge in [-0.15, -0.1) is 5.10 Å². The third-order valence-corrected chi connectivity index (χ3v) is 4.16. The SMILES string of the molecule is COC1COC(CO)C(O)C1n1cc(-c2cc(F)c(F)c(F)c2)nn1. The molecular formula is C15H16F3N3O4. The quantitative estimate of drug-likeness (QED) is 0.780. The van der Waals surface area contributed by atoms with Gasteiger partial charge in [-0.1, -0.05) is 5.21 Å². The van der Waals surface area contributed by atoms with Crippen LogP contribution in [0.2, 0.25) is 0 Å². The average Bonchev–Trinajstić information content (AvgIpc) is 3.08. The number of hydrogen-bond donors (Lipinski definition) is 2. The number of aliphatic hydroxyl groups excluding tert-OH is 2. The normalized spacial score (nSPS) is 26.8. The van der Waals surface area contributed by atoms with Gasteiger partial charge in [0.2, 0.25) is 0 Å². The van der Waals surface area contributed by atoms with Crippen LogP contribution in [0.4, 0.5) is 13.2 Å². The maximum atomic E-state index is 13.4.